The number of fused-ring (bicyclic) bond motifs is 3. The number of benzene rings is 2. The van der Waals surface area contributed by atoms with Crippen LogP contribution >= 0.6 is 0 Å². The normalized spacial score (nSPS) is 15.3. The molecule has 0 fully saturated rings. The number of H-pyrrole nitrogens is 1. The second-order valence-electron chi connectivity index (χ2n) is 8.01. The van der Waals surface area contributed by atoms with Crippen molar-refractivity contribution in [3.63, 3.8) is 0 Å². The molecule has 1 N–H and O–H groups in total. The Morgan fingerprint density at radius 3 is 2.53 bits per heavy atom. The van der Waals surface area contributed by atoms with E-state index >= 15 is 0 Å². The number of aromatic nitrogens is 1. The number of carbonyl (C=O) groups is 2. The maximum absolute atomic E-state index is 13.3. The highest BCUT2D eigenvalue weighted by Gasteiger charge is 2.37. The second-order valence-corrected chi connectivity index (χ2v) is 8.01. The van der Waals surface area contributed by atoms with Crippen LogP contribution in [0.15, 0.2) is 54.7 Å². The summed E-state index contributed by atoms with van der Waals surface area (Å²) in [5, 5.41) is 1.00. The molecule has 0 bridgehead atoms. The van der Waals surface area contributed by atoms with E-state index in [0.717, 1.165) is 16.5 Å². The van der Waals surface area contributed by atoms with E-state index < -0.39 is 17.2 Å². The third kappa shape index (κ3) is 3.38. The van der Waals surface area contributed by atoms with Crippen LogP contribution in [0.1, 0.15) is 42.4 Å². The van der Waals surface area contributed by atoms with Gasteiger partial charge >= 0.3 is 5.97 Å². The molecule has 2 heterocycles. The Balaban J connectivity index is 1.89. The van der Waals surface area contributed by atoms with Crippen LogP contribution in [0.4, 0.5) is 4.39 Å². The molecule has 0 atom stereocenters. The van der Waals surface area contributed by atoms with Gasteiger partial charge in [0, 0.05) is 34.6 Å². The highest BCUT2D eigenvalue weighted by atomic mass is 19.1. The number of hydrogen-bond donors (Lipinski definition) is 1. The number of carbonyl (C=O) groups excluding carboxylic acids is 2. The molecule has 2 aromatic carbocycles. The van der Waals surface area contributed by atoms with Gasteiger partial charge in [0.1, 0.15) is 5.82 Å². The van der Waals surface area contributed by atoms with Gasteiger partial charge in [0.15, 0.2) is 0 Å². The van der Waals surface area contributed by atoms with Crippen LogP contribution in [0, 0.1) is 5.82 Å². The number of rotatable bonds is 3. The molecule has 5 nitrogen and oxygen atoms in total. The van der Waals surface area contributed by atoms with E-state index in [1.54, 1.807) is 13.1 Å². The summed E-state index contributed by atoms with van der Waals surface area (Å²) in [6.45, 7) is 6.40. The predicted molar refractivity (Wildman–Crippen MR) is 113 cm³/mol. The molecule has 1 aliphatic heterocycles. The molecule has 3 aromatic rings. The molecule has 0 unspecified atom stereocenters. The van der Waals surface area contributed by atoms with E-state index in [1.807, 2.05) is 38.1 Å². The Kier molecular flexibility index (Phi) is 4.94. The van der Waals surface area contributed by atoms with Crippen molar-refractivity contribution in [3.8, 4) is 0 Å². The molecule has 1 aliphatic rings. The Labute approximate surface area is 174 Å². The van der Waals surface area contributed by atoms with Crippen molar-refractivity contribution in [2.75, 3.05) is 13.2 Å². The molecule has 1 aromatic heterocycles. The van der Waals surface area contributed by atoms with Gasteiger partial charge in [-0.15, -0.1) is 0 Å². The summed E-state index contributed by atoms with van der Waals surface area (Å²) in [4.78, 5) is 30.9. The molecule has 0 saturated heterocycles. The molecular weight excluding hydrogens is 383 g/mol. The first kappa shape index (κ1) is 19.9. The fourth-order valence-corrected chi connectivity index (χ4v) is 4.07. The molecule has 0 radical (unpaired) electrons. The molecule has 30 heavy (non-hydrogen) atoms. The standard InChI is InChI=1S/C24H23FN2O3/c1-4-30-23(29)18-13-27(22(28)15-9-11-16(25)12-10-15)14-24(2,3)20-17-7-5-6-8-19(17)26-21(18)20/h5-13,26H,4,14H2,1-3H3. The van der Waals surface area contributed by atoms with Crippen LogP contribution in [-0.4, -0.2) is 34.9 Å². The van der Waals surface area contributed by atoms with Gasteiger partial charge in [-0.3, -0.25) is 4.79 Å². The van der Waals surface area contributed by atoms with Crippen molar-refractivity contribution < 1.29 is 18.7 Å². The highest BCUT2D eigenvalue weighted by Crippen LogP contribution is 2.40. The lowest BCUT2D eigenvalue weighted by atomic mass is 9.81. The Morgan fingerprint density at radius 2 is 1.83 bits per heavy atom. The summed E-state index contributed by atoms with van der Waals surface area (Å²) < 4.78 is 18.6. The number of hydrogen-bond acceptors (Lipinski definition) is 3. The van der Waals surface area contributed by atoms with E-state index in [-0.39, 0.29) is 12.5 Å². The third-order valence-electron chi connectivity index (χ3n) is 5.35. The van der Waals surface area contributed by atoms with Gasteiger partial charge in [-0.25, -0.2) is 9.18 Å². The number of esters is 1. The lowest BCUT2D eigenvalue weighted by Gasteiger charge is -2.29. The quantitative estimate of drug-likeness (QED) is 0.645. The Bertz CT molecular complexity index is 1160. The summed E-state index contributed by atoms with van der Waals surface area (Å²) in [5.74, 6) is -1.22. The van der Waals surface area contributed by atoms with Gasteiger partial charge in [-0.05, 0) is 42.8 Å². The zero-order valence-corrected chi connectivity index (χ0v) is 17.2. The number of halogens is 1. The lowest BCUT2D eigenvalue weighted by Crippen LogP contribution is -2.36. The SMILES string of the molecule is CCOC(=O)C1=CN(C(=O)c2ccc(F)cc2)CC(C)(C)c2c1[nH]c1ccccc21. The van der Waals surface area contributed by atoms with E-state index in [9.17, 15) is 14.0 Å². The molecule has 0 spiro atoms. The van der Waals surface area contributed by atoms with Gasteiger partial charge < -0.3 is 14.6 Å². The first-order valence-corrected chi connectivity index (χ1v) is 9.89. The topological polar surface area (TPSA) is 62.4 Å². The van der Waals surface area contributed by atoms with Crippen LogP contribution in [0.2, 0.25) is 0 Å². The van der Waals surface area contributed by atoms with Crippen LogP contribution in [0.3, 0.4) is 0 Å². The zero-order valence-electron chi connectivity index (χ0n) is 17.2. The zero-order chi connectivity index (χ0) is 21.5. The maximum Gasteiger partial charge on any atom is 0.341 e. The van der Waals surface area contributed by atoms with Gasteiger partial charge in [0.05, 0.1) is 17.9 Å². The van der Waals surface area contributed by atoms with Crippen LogP contribution in [-0.2, 0) is 14.9 Å². The van der Waals surface area contributed by atoms with Crippen molar-refractivity contribution in [2.24, 2.45) is 0 Å². The number of nitrogens with one attached hydrogen (secondary N) is 1. The molecule has 0 saturated carbocycles. The van der Waals surface area contributed by atoms with Crippen molar-refractivity contribution in [3.05, 3.63) is 77.4 Å². The largest absolute Gasteiger partial charge is 0.462 e. The summed E-state index contributed by atoms with van der Waals surface area (Å²) in [7, 11) is 0. The first-order valence-electron chi connectivity index (χ1n) is 9.89. The van der Waals surface area contributed by atoms with Gasteiger partial charge in [-0.1, -0.05) is 32.0 Å². The van der Waals surface area contributed by atoms with Crippen molar-refractivity contribution in [2.45, 2.75) is 26.2 Å². The van der Waals surface area contributed by atoms with E-state index in [0.29, 0.717) is 23.4 Å². The summed E-state index contributed by atoms with van der Waals surface area (Å²) in [5.41, 5.74) is 2.73. The van der Waals surface area contributed by atoms with E-state index in [4.69, 9.17) is 4.74 Å². The highest BCUT2D eigenvalue weighted by molar-refractivity contribution is 6.18. The Hall–Kier alpha value is -3.41. The average molecular weight is 406 g/mol. The lowest BCUT2D eigenvalue weighted by molar-refractivity contribution is -0.136. The predicted octanol–water partition coefficient (Wildman–Crippen LogP) is 4.64. The van der Waals surface area contributed by atoms with Crippen molar-refractivity contribution in [1.29, 1.82) is 0 Å². The maximum atomic E-state index is 13.3. The second kappa shape index (κ2) is 7.44. The van der Waals surface area contributed by atoms with Crippen molar-refractivity contribution in [1.82, 2.24) is 9.88 Å². The minimum atomic E-state index is -0.500. The van der Waals surface area contributed by atoms with Gasteiger partial charge in [0.2, 0.25) is 0 Å². The molecule has 154 valence electrons. The average Bonchev–Trinajstić information content (AvgIpc) is 3.06. The van der Waals surface area contributed by atoms with Crippen molar-refractivity contribution >= 4 is 28.4 Å². The van der Waals surface area contributed by atoms with E-state index in [2.05, 4.69) is 4.98 Å². The monoisotopic (exact) mass is 406 g/mol. The molecular formula is C24H23FN2O3. The van der Waals surface area contributed by atoms with E-state index in [1.165, 1.54) is 29.2 Å². The van der Waals surface area contributed by atoms with Crippen LogP contribution < -0.4 is 0 Å². The molecule has 0 aliphatic carbocycles. The number of para-hydroxylation sites is 1. The third-order valence-corrected chi connectivity index (χ3v) is 5.35. The van der Waals surface area contributed by atoms with Crippen LogP contribution in [0.25, 0.3) is 16.5 Å². The molecule has 1 amide bonds. The summed E-state index contributed by atoms with van der Waals surface area (Å²) in [6.07, 6.45) is 1.55. The summed E-state index contributed by atoms with van der Waals surface area (Å²) in [6, 6.07) is 13.3. The number of amides is 1. The summed E-state index contributed by atoms with van der Waals surface area (Å²) >= 11 is 0. The van der Waals surface area contributed by atoms with Gasteiger partial charge in [-0.2, -0.15) is 0 Å². The number of aromatic amines is 1. The molecule has 4 rings (SSSR count). The fourth-order valence-electron chi connectivity index (χ4n) is 4.07. The fraction of sp³-hybridized carbons (Fsp3) is 0.250. The smallest absolute Gasteiger partial charge is 0.341 e. The number of nitrogens with zero attached hydrogens (tertiary/aromatic N) is 1. The van der Waals surface area contributed by atoms with Gasteiger partial charge in [0.25, 0.3) is 5.91 Å². The minimum absolute atomic E-state index is 0.223. The first-order chi connectivity index (χ1) is 14.3. The number of ether oxygens (including phenoxy) is 1. The molecule has 6 heteroatoms. The van der Waals surface area contributed by atoms with Crippen LogP contribution in [0.5, 0.6) is 0 Å². The Morgan fingerprint density at radius 1 is 1.13 bits per heavy atom. The minimum Gasteiger partial charge on any atom is -0.462 e.